The number of carboxylic acids is 1. The number of nitrogens with one attached hydrogen (secondary N) is 4. The van der Waals surface area contributed by atoms with Crippen molar-refractivity contribution in [1.82, 2.24) is 25.8 Å². The van der Waals surface area contributed by atoms with Crippen LogP contribution in [-0.4, -0.2) is 81.3 Å². The lowest BCUT2D eigenvalue weighted by Crippen LogP contribution is -2.58. The number of amides is 4. The number of aliphatic carboxylic acids is 1. The maximum absolute atomic E-state index is 13.4. The summed E-state index contributed by atoms with van der Waals surface area (Å²) < 4.78 is 0. The number of rotatable bonds is 11. The summed E-state index contributed by atoms with van der Waals surface area (Å²) >= 11 is 0. The highest BCUT2D eigenvalue weighted by Crippen LogP contribution is 2.20. The summed E-state index contributed by atoms with van der Waals surface area (Å²) in [4.78, 5) is 67.7. The van der Waals surface area contributed by atoms with Gasteiger partial charge < -0.3 is 36.7 Å². The van der Waals surface area contributed by atoms with Gasteiger partial charge in [-0.15, -0.1) is 0 Å². The molecule has 3 rings (SSSR count). The van der Waals surface area contributed by atoms with E-state index in [9.17, 15) is 29.1 Å². The van der Waals surface area contributed by atoms with E-state index in [-0.39, 0.29) is 12.3 Å². The molecule has 39 heavy (non-hydrogen) atoms. The van der Waals surface area contributed by atoms with Crippen LogP contribution in [0.4, 0.5) is 0 Å². The molecule has 1 aromatic carbocycles. The minimum atomic E-state index is -1.09. The van der Waals surface area contributed by atoms with Crippen LogP contribution in [0, 0.1) is 5.92 Å². The van der Waals surface area contributed by atoms with Gasteiger partial charge in [0.15, 0.2) is 0 Å². The second-order valence-corrected chi connectivity index (χ2v) is 10.4. The van der Waals surface area contributed by atoms with Crippen molar-refractivity contribution in [2.45, 2.75) is 77.2 Å². The number of likely N-dealkylation sites (tertiary alicyclic amines) is 1. The van der Waals surface area contributed by atoms with Gasteiger partial charge in [0.05, 0.1) is 6.04 Å². The molecule has 0 bridgehead atoms. The lowest BCUT2D eigenvalue weighted by atomic mass is 10.0. The Bertz CT molecular complexity index is 1230. The number of carboxylic acid groups (broad SMARTS) is 1. The molecule has 1 saturated heterocycles. The van der Waals surface area contributed by atoms with E-state index < -0.39 is 59.8 Å². The standard InChI is InChI=1S/C27H38N6O6/c1-14(2)22(28)25(36)30-15(3)23(34)32-20(12-17-13-29-19-9-6-5-8-18(17)19)24(35)31-16(4)26(37)33-11-7-10-21(33)27(38)39/h5-6,8-9,13-16,20-22,29H,7,10-12,28H2,1-4H3,(H,30,36)(H,31,35)(H,32,34)(H,38,39)/t15-,16-,20-,21-,22-/m0/s1. The summed E-state index contributed by atoms with van der Waals surface area (Å²) in [6.45, 7) is 6.85. The molecular weight excluding hydrogens is 504 g/mol. The Morgan fingerprint density at radius 1 is 1.00 bits per heavy atom. The molecule has 12 heteroatoms. The van der Waals surface area contributed by atoms with Crippen LogP contribution in [0.25, 0.3) is 10.9 Å². The average Bonchev–Trinajstić information content (AvgIpc) is 3.55. The second kappa shape index (κ2) is 12.7. The van der Waals surface area contributed by atoms with Gasteiger partial charge in [-0.2, -0.15) is 0 Å². The van der Waals surface area contributed by atoms with E-state index in [1.807, 2.05) is 24.3 Å². The zero-order chi connectivity index (χ0) is 28.9. The highest BCUT2D eigenvalue weighted by molar-refractivity contribution is 5.96. The summed E-state index contributed by atoms with van der Waals surface area (Å²) in [5, 5.41) is 18.2. The van der Waals surface area contributed by atoms with Crippen LogP contribution in [0.3, 0.4) is 0 Å². The molecule has 7 N–H and O–H groups in total. The van der Waals surface area contributed by atoms with Crippen LogP contribution < -0.4 is 21.7 Å². The van der Waals surface area contributed by atoms with Gasteiger partial charge in [0.1, 0.15) is 24.2 Å². The Morgan fingerprint density at radius 2 is 1.67 bits per heavy atom. The number of hydrogen-bond acceptors (Lipinski definition) is 6. The lowest BCUT2D eigenvalue weighted by Gasteiger charge is -2.27. The van der Waals surface area contributed by atoms with Crippen molar-refractivity contribution < 1.29 is 29.1 Å². The molecule has 0 saturated carbocycles. The first kappa shape index (κ1) is 29.6. The number of H-pyrrole nitrogens is 1. The Morgan fingerprint density at radius 3 is 2.33 bits per heavy atom. The minimum Gasteiger partial charge on any atom is -0.480 e. The number of para-hydroxylation sites is 1. The van der Waals surface area contributed by atoms with Crippen molar-refractivity contribution in [3.63, 3.8) is 0 Å². The molecule has 1 aliphatic heterocycles. The monoisotopic (exact) mass is 542 g/mol. The zero-order valence-corrected chi connectivity index (χ0v) is 22.7. The summed E-state index contributed by atoms with van der Waals surface area (Å²) in [6.07, 6.45) is 2.77. The smallest absolute Gasteiger partial charge is 0.326 e. The molecule has 5 atom stereocenters. The summed E-state index contributed by atoms with van der Waals surface area (Å²) in [5.74, 6) is -3.41. The van der Waals surface area contributed by atoms with Crippen LogP contribution in [0.5, 0.6) is 0 Å². The quantitative estimate of drug-likeness (QED) is 0.235. The zero-order valence-electron chi connectivity index (χ0n) is 22.7. The SMILES string of the molecule is CC(C)[C@H](N)C(=O)N[C@@H](C)C(=O)N[C@@H](Cc1c[nH]c2ccccc12)C(=O)N[C@@H](C)C(=O)N1CCC[C@H]1C(=O)O. The highest BCUT2D eigenvalue weighted by Gasteiger charge is 2.37. The Labute approximate surface area is 227 Å². The molecule has 4 amide bonds. The maximum Gasteiger partial charge on any atom is 0.326 e. The third kappa shape index (κ3) is 7.14. The highest BCUT2D eigenvalue weighted by atomic mass is 16.4. The van der Waals surface area contributed by atoms with Crippen molar-refractivity contribution in [1.29, 1.82) is 0 Å². The number of hydrogen-bond donors (Lipinski definition) is 6. The van der Waals surface area contributed by atoms with Crippen molar-refractivity contribution in [3.05, 3.63) is 36.0 Å². The largest absolute Gasteiger partial charge is 0.480 e. The summed E-state index contributed by atoms with van der Waals surface area (Å²) in [7, 11) is 0. The number of aromatic nitrogens is 1. The fourth-order valence-corrected chi connectivity index (χ4v) is 4.62. The van der Waals surface area contributed by atoms with Crippen LogP contribution in [0.1, 0.15) is 46.1 Å². The van der Waals surface area contributed by atoms with Gasteiger partial charge >= 0.3 is 5.97 Å². The Hall–Kier alpha value is -3.93. The average molecular weight is 543 g/mol. The molecule has 1 fully saturated rings. The molecule has 0 spiro atoms. The van der Waals surface area contributed by atoms with Crippen molar-refractivity contribution >= 4 is 40.5 Å². The molecule has 0 aliphatic carbocycles. The molecule has 0 radical (unpaired) electrons. The van der Waals surface area contributed by atoms with Gasteiger partial charge in [-0.25, -0.2) is 4.79 Å². The van der Waals surface area contributed by atoms with E-state index in [1.165, 1.54) is 18.7 Å². The van der Waals surface area contributed by atoms with Crippen molar-refractivity contribution in [2.24, 2.45) is 11.7 Å². The van der Waals surface area contributed by atoms with Crippen molar-refractivity contribution in [3.8, 4) is 0 Å². The van der Waals surface area contributed by atoms with E-state index in [1.54, 1.807) is 20.0 Å². The van der Waals surface area contributed by atoms with E-state index in [0.717, 1.165) is 16.5 Å². The van der Waals surface area contributed by atoms with Gasteiger partial charge in [0.25, 0.3) is 0 Å². The molecule has 2 heterocycles. The first-order chi connectivity index (χ1) is 18.4. The number of aromatic amines is 1. The first-order valence-corrected chi connectivity index (χ1v) is 13.2. The Kier molecular flexibility index (Phi) is 9.68. The molecular formula is C27H38N6O6. The van der Waals surface area contributed by atoms with Crippen LogP contribution in [-0.2, 0) is 30.4 Å². The number of nitrogens with two attached hydrogens (primary N) is 1. The molecule has 0 unspecified atom stereocenters. The molecule has 1 aromatic heterocycles. The maximum atomic E-state index is 13.4. The lowest BCUT2D eigenvalue weighted by molar-refractivity contribution is -0.149. The van der Waals surface area contributed by atoms with Gasteiger partial charge in [0.2, 0.25) is 23.6 Å². The van der Waals surface area contributed by atoms with E-state index >= 15 is 0 Å². The fraction of sp³-hybridized carbons (Fsp3) is 0.519. The molecule has 1 aliphatic rings. The van der Waals surface area contributed by atoms with Crippen LogP contribution in [0.15, 0.2) is 30.5 Å². The fourth-order valence-electron chi connectivity index (χ4n) is 4.62. The van der Waals surface area contributed by atoms with Crippen LogP contribution in [0.2, 0.25) is 0 Å². The second-order valence-electron chi connectivity index (χ2n) is 10.4. The van der Waals surface area contributed by atoms with Crippen molar-refractivity contribution in [2.75, 3.05) is 6.54 Å². The van der Waals surface area contributed by atoms with E-state index in [2.05, 4.69) is 20.9 Å². The Balaban J connectivity index is 1.76. The van der Waals surface area contributed by atoms with Gasteiger partial charge in [-0.05, 0) is 44.2 Å². The van der Waals surface area contributed by atoms with Gasteiger partial charge in [-0.3, -0.25) is 19.2 Å². The minimum absolute atomic E-state index is 0.107. The predicted molar refractivity (Wildman–Crippen MR) is 144 cm³/mol. The number of nitrogens with zero attached hydrogens (tertiary/aromatic N) is 1. The topological polar surface area (TPSA) is 187 Å². The van der Waals surface area contributed by atoms with E-state index in [4.69, 9.17) is 5.73 Å². The number of fused-ring (bicyclic) bond motifs is 1. The molecule has 2 aromatic rings. The predicted octanol–water partition coefficient (Wildman–Crippen LogP) is 0.264. The van der Waals surface area contributed by atoms with E-state index in [0.29, 0.717) is 19.4 Å². The van der Waals surface area contributed by atoms with Gasteiger partial charge in [-0.1, -0.05) is 32.0 Å². The third-order valence-electron chi connectivity index (χ3n) is 7.06. The number of carbonyl (C=O) groups is 5. The summed E-state index contributed by atoms with van der Waals surface area (Å²) in [6, 6.07) is 2.71. The number of carbonyl (C=O) groups excluding carboxylic acids is 4. The number of benzene rings is 1. The summed E-state index contributed by atoms with van der Waals surface area (Å²) in [5.41, 5.74) is 7.51. The van der Waals surface area contributed by atoms with Crippen LogP contribution >= 0.6 is 0 Å². The first-order valence-electron chi connectivity index (χ1n) is 13.2. The molecule has 212 valence electrons. The molecule has 12 nitrogen and oxygen atoms in total. The normalized spacial score (nSPS) is 18.3. The third-order valence-corrected chi connectivity index (χ3v) is 7.06. The van der Waals surface area contributed by atoms with Gasteiger partial charge in [0, 0.05) is 30.1 Å².